The number of ketones is 1. The van der Waals surface area contributed by atoms with Crippen LogP contribution in [0.5, 0.6) is 0 Å². The molecule has 4 nitrogen and oxygen atoms in total. The third-order valence-electron chi connectivity index (χ3n) is 4.95. The molecule has 0 bridgehead atoms. The van der Waals surface area contributed by atoms with Crippen LogP contribution in [0.25, 0.3) is 0 Å². The lowest BCUT2D eigenvalue weighted by molar-refractivity contribution is 0.0857. The highest BCUT2D eigenvalue weighted by Gasteiger charge is 2.35. The number of carbonyl (C=O) groups excluding carboxylic acids is 1. The molecule has 0 amide bonds. The van der Waals surface area contributed by atoms with E-state index in [0.29, 0.717) is 12.2 Å². The molecule has 0 spiro atoms. The molecular formula is C19H23NO3. The van der Waals surface area contributed by atoms with Crippen molar-refractivity contribution in [1.82, 2.24) is 4.90 Å². The average molecular weight is 313 g/mol. The fourth-order valence-corrected chi connectivity index (χ4v) is 3.35. The molecule has 0 saturated carbocycles. The van der Waals surface area contributed by atoms with Crippen molar-refractivity contribution >= 4 is 5.78 Å². The number of nitrogens with zero attached hydrogens (tertiary/aromatic N) is 1. The third kappa shape index (κ3) is 3.54. The van der Waals surface area contributed by atoms with E-state index in [-0.39, 0.29) is 17.8 Å². The summed E-state index contributed by atoms with van der Waals surface area (Å²) in [4.78, 5) is 14.3. The molecule has 2 aromatic rings. The highest BCUT2D eigenvalue weighted by molar-refractivity contribution is 5.93. The number of rotatable bonds is 6. The summed E-state index contributed by atoms with van der Waals surface area (Å²) < 4.78 is 5.14. The quantitative estimate of drug-likeness (QED) is 0.833. The second kappa shape index (κ2) is 7.11. The minimum absolute atomic E-state index is 0.0528. The summed E-state index contributed by atoms with van der Waals surface area (Å²) in [5.41, 5.74) is 1.08. The van der Waals surface area contributed by atoms with Crippen molar-refractivity contribution in [3.05, 3.63) is 60.1 Å². The number of carbonyl (C=O) groups is 1. The Morgan fingerprint density at radius 3 is 2.48 bits per heavy atom. The van der Waals surface area contributed by atoms with Gasteiger partial charge in [-0.15, -0.1) is 0 Å². The first-order chi connectivity index (χ1) is 11.2. The Bertz CT molecular complexity index is 613. The Labute approximate surface area is 136 Å². The molecule has 1 fully saturated rings. The van der Waals surface area contributed by atoms with Crippen molar-refractivity contribution in [3.8, 4) is 0 Å². The van der Waals surface area contributed by atoms with Crippen LogP contribution in [0.4, 0.5) is 0 Å². The van der Waals surface area contributed by atoms with Crippen molar-refractivity contribution in [2.45, 2.75) is 24.7 Å². The number of aliphatic hydroxyl groups excluding tert-OH is 1. The molecule has 3 rings (SSSR count). The Balaban J connectivity index is 1.54. The van der Waals surface area contributed by atoms with Gasteiger partial charge in [0.1, 0.15) is 0 Å². The van der Waals surface area contributed by atoms with E-state index in [0.717, 1.165) is 32.5 Å². The van der Waals surface area contributed by atoms with E-state index in [1.165, 1.54) is 11.8 Å². The molecule has 1 N–H and O–H groups in total. The van der Waals surface area contributed by atoms with Crippen LogP contribution < -0.4 is 0 Å². The van der Waals surface area contributed by atoms with E-state index in [9.17, 15) is 9.90 Å². The molecule has 0 radical (unpaired) electrons. The Kier molecular flexibility index (Phi) is 4.94. The Morgan fingerprint density at radius 2 is 1.87 bits per heavy atom. The number of Topliss-reactive ketones (excluding diaryl/α,β-unsaturated/α-hetero) is 1. The standard InChI is InChI=1S/C19H23NO3/c21-15-19(16-5-2-1-3-6-16)9-12-20(13-10-19)11-8-17(22)18-7-4-14-23-18/h1-7,14,21H,8-13,15H2. The predicted molar refractivity (Wildman–Crippen MR) is 88.5 cm³/mol. The van der Waals surface area contributed by atoms with Crippen LogP contribution in [-0.2, 0) is 5.41 Å². The molecule has 0 unspecified atom stereocenters. The number of aliphatic hydroxyl groups is 1. The summed E-state index contributed by atoms with van der Waals surface area (Å²) >= 11 is 0. The van der Waals surface area contributed by atoms with Gasteiger partial charge in [-0.1, -0.05) is 30.3 Å². The summed E-state index contributed by atoms with van der Waals surface area (Å²) in [7, 11) is 0. The highest BCUT2D eigenvalue weighted by atomic mass is 16.3. The molecule has 4 heteroatoms. The molecular weight excluding hydrogens is 290 g/mol. The van der Waals surface area contributed by atoms with Crippen molar-refractivity contribution in [2.24, 2.45) is 0 Å². The summed E-state index contributed by atoms with van der Waals surface area (Å²) in [6, 6.07) is 13.7. The lowest BCUT2D eigenvalue weighted by Crippen LogP contribution is -2.45. The molecule has 0 atom stereocenters. The number of likely N-dealkylation sites (tertiary alicyclic amines) is 1. The van der Waals surface area contributed by atoms with Gasteiger partial charge in [0.2, 0.25) is 0 Å². The fourth-order valence-electron chi connectivity index (χ4n) is 3.35. The second-order valence-corrected chi connectivity index (χ2v) is 6.30. The maximum absolute atomic E-state index is 12.0. The lowest BCUT2D eigenvalue weighted by Gasteiger charge is -2.41. The van der Waals surface area contributed by atoms with Gasteiger partial charge in [0.15, 0.2) is 11.5 Å². The summed E-state index contributed by atoms with van der Waals surface area (Å²) in [6.07, 6.45) is 3.85. The normalized spacial score (nSPS) is 18.0. The molecule has 0 aliphatic carbocycles. The van der Waals surface area contributed by atoms with Crippen LogP contribution in [0, 0.1) is 0 Å². The molecule has 1 aromatic heterocycles. The summed E-state index contributed by atoms with van der Waals surface area (Å²) in [5, 5.41) is 9.94. The Hall–Kier alpha value is -1.91. The molecule has 122 valence electrons. The topological polar surface area (TPSA) is 53.7 Å². The van der Waals surface area contributed by atoms with Gasteiger partial charge in [0, 0.05) is 18.4 Å². The predicted octanol–water partition coefficient (Wildman–Crippen LogP) is 2.88. The smallest absolute Gasteiger partial charge is 0.199 e. The molecule has 2 heterocycles. The number of piperidine rings is 1. The summed E-state index contributed by atoms with van der Waals surface area (Å²) in [6.45, 7) is 2.73. The number of hydrogen-bond donors (Lipinski definition) is 1. The van der Waals surface area contributed by atoms with Crippen LogP contribution in [0.1, 0.15) is 35.4 Å². The molecule has 1 aromatic carbocycles. The maximum Gasteiger partial charge on any atom is 0.199 e. The van der Waals surface area contributed by atoms with Crippen molar-refractivity contribution < 1.29 is 14.3 Å². The van der Waals surface area contributed by atoms with Crippen LogP contribution in [0.15, 0.2) is 53.1 Å². The van der Waals surface area contributed by atoms with Crippen LogP contribution in [-0.4, -0.2) is 42.0 Å². The van der Waals surface area contributed by atoms with Gasteiger partial charge in [-0.25, -0.2) is 0 Å². The molecule has 23 heavy (non-hydrogen) atoms. The van der Waals surface area contributed by atoms with Gasteiger partial charge in [-0.2, -0.15) is 0 Å². The van der Waals surface area contributed by atoms with Crippen LogP contribution >= 0.6 is 0 Å². The van der Waals surface area contributed by atoms with E-state index in [1.54, 1.807) is 12.1 Å². The van der Waals surface area contributed by atoms with E-state index < -0.39 is 0 Å². The first-order valence-corrected chi connectivity index (χ1v) is 8.19. The minimum atomic E-state index is -0.136. The number of furan rings is 1. The first-order valence-electron chi connectivity index (χ1n) is 8.19. The van der Waals surface area contributed by atoms with E-state index in [4.69, 9.17) is 4.42 Å². The van der Waals surface area contributed by atoms with E-state index in [1.807, 2.05) is 18.2 Å². The zero-order valence-corrected chi connectivity index (χ0v) is 13.3. The van der Waals surface area contributed by atoms with E-state index >= 15 is 0 Å². The SMILES string of the molecule is O=C(CCN1CCC(CO)(c2ccccc2)CC1)c1ccco1. The van der Waals surface area contributed by atoms with Crippen LogP contribution in [0.3, 0.4) is 0 Å². The van der Waals surface area contributed by atoms with Crippen LogP contribution in [0.2, 0.25) is 0 Å². The van der Waals surface area contributed by atoms with Gasteiger partial charge < -0.3 is 14.4 Å². The van der Waals surface area contributed by atoms with Crippen molar-refractivity contribution in [2.75, 3.05) is 26.2 Å². The van der Waals surface area contributed by atoms with Crippen molar-refractivity contribution in [3.63, 3.8) is 0 Å². The highest BCUT2D eigenvalue weighted by Crippen LogP contribution is 2.35. The Morgan fingerprint density at radius 1 is 1.13 bits per heavy atom. The molecule has 1 saturated heterocycles. The zero-order valence-electron chi connectivity index (χ0n) is 13.3. The second-order valence-electron chi connectivity index (χ2n) is 6.30. The van der Waals surface area contributed by atoms with E-state index in [2.05, 4.69) is 17.0 Å². The van der Waals surface area contributed by atoms with Gasteiger partial charge in [0.25, 0.3) is 0 Å². The van der Waals surface area contributed by atoms with Gasteiger partial charge >= 0.3 is 0 Å². The molecule has 1 aliphatic heterocycles. The van der Waals surface area contributed by atoms with Gasteiger partial charge in [-0.3, -0.25) is 4.79 Å². The number of hydrogen-bond acceptors (Lipinski definition) is 4. The maximum atomic E-state index is 12.0. The van der Waals surface area contributed by atoms with Crippen molar-refractivity contribution in [1.29, 1.82) is 0 Å². The first kappa shape index (κ1) is 16.0. The fraction of sp³-hybridized carbons (Fsp3) is 0.421. The monoisotopic (exact) mass is 313 g/mol. The zero-order chi connectivity index (χ0) is 16.1. The summed E-state index contributed by atoms with van der Waals surface area (Å²) in [5.74, 6) is 0.494. The lowest BCUT2D eigenvalue weighted by atomic mass is 9.73. The van der Waals surface area contributed by atoms with Gasteiger partial charge in [0.05, 0.1) is 12.9 Å². The average Bonchev–Trinajstić information content (AvgIpc) is 3.16. The largest absolute Gasteiger partial charge is 0.461 e. The third-order valence-corrected chi connectivity index (χ3v) is 4.95. The van der Waals surface area contributed by atoms with Gasteiger partial charge in [-0.05, 0) is 43.6 Å². The molecule has 1 aliphatic rings. The number of benzene rings is 1. The minimum Gasteiger partial charge on any atom is -0.461 e.